The Morgan fingerprint density at radius 3 is 1.82 bits per heavy atom. The maximum atomic E-state index is 13.0. The van der Waals surface area contributed by atoms with Crippen molar-refractivity contribution in [1.29, 1.82) is 0 Å². The Kier molecular flexibility index (Phi) is 11.2. The van der Waals surface area contributed by atoms with E-state index in [2.05, 4.69) is 36.1 Å². The van der Waals surface area contributed by atoms with Crippen LogP contribution in [0.1, 0.15) is 41.7 Å². The second-order valence-corrected chi connectivity index (χ2v) is 13.5. The number of carbonyl (C=O) groups is 4. The fraction of sp³-hybridized carbons (Fsp3) is 0.200. The van der Waals surface area contributed by atoms with E-state index in [0.717, 1.165) is 12.5 Å². The van der Waals surface area contributed by atoms with E-state index in [4.69, 9.17) is 47.2 Å². The molecule has 0 aliphatic carbocycles. The topological polar surface area (TPSA) is 237 Å². The summed E-state index contributed by atoms with van der Waals surface area (Å²) in [5, 5.41) is 17.0. The molecule has 20 heteroatoms. The Balaban J connectivity index is 0.981. The largest absolute Gasteiger partial charge is 0.459 e. The van der Waals surface area contributed by atoms with Gasteiger partial charge in [0.25, 0.3) is 23.8 Å². The summed E-state index contributed by atoms with van der Waals surface area (Å²) in [6.07, 6.45) is 8.65. The van der Waals surface area contributed by atoms with Crippen LogP contribution in [-0.2, 0) is 32.2 Å². The molecule has 0 aliphatic heterocycles. The summed E-state index contributed by atoms with van der Waals surface area (Å²) in [7, 11) is 0. The molecule has 5 N–H and O–H groups in total. The number of hydrogen-bond acceptors (Lipinski definition) is 14. The third-order valence-corrected chi connectivity index (χ3v) is 7.97. The van der Waals surface area contributed by atoms with E-state index in [0.29, 0.717) is 33.6 Å². The van der Waals surface area contributed by atoms with E-state index < -0.39 is 29.4 Å². The van der Waals surface area contributed by atoms with Crippen LogP contribution in [0.2, 0.25) is 10.0 Å². The van der Waals surface area contributed by atoms with Crippen LogP contribution in [0.25, 0.3) is 22.3 Å². The van der Waals surface area contributed by atoms with Gasteiger partial charge in [0.2, 0.25) is 0 Å². The summed E-state index contributed by atoms with van der Waals surface area (Å²) in [5.41, 5.74) is 8.00. The highest BCUT2D eigenvalue weighted by atomic mass is 35.5. The quantitative estimate of drug-likeness (QED) is 0.0807. The lowest BCUT2D eigenvalue weighted by atomic mass is 10.1. The molecule has 4 heterocycles. The molecule has 55 heavy (non-hydrogen) atoms. The van der Waals surface area contributed by atoms with Gasteiger partial charge in [0.15, 0.2) is 18.1 Å². The van der Waals surface area contributed by atoms with Gasteiger partial charge in [0.1, 0.15) is 31.2 Å². The zero-order valence-corrected chi connectivity index (χ0v) is 30.8. The Morgan fingerprint density at radius 2 is 1.29 bits per heavy atom. The van der Waals surface area contributed by atoms with Crippen LogP contribution < -0.4 is 21.7 Å². The van der Waals surface area contributed by atoms with Crippen molar-refractivity contribution in [3.05, 3.63) is 95.1 Å². The van der Waals surface area contributed by atoms with Crippen LogP contribution in [0.15, 0.2) is 82.5 Å². The van der Waals surface area contributed by atoms with E-state index in [-0.39, 0.29) is 53.3 Å². The average molecular weight is 792 g/mol. The van der Waals surface area contributed by atoms with Crippen LogP contribution in [-0.4, -0.2) is 65.6 Å². The molecule has 2 aromatic carbocycles. The second kappa shape index (κ2) is 16.1. The minimum Gasteiger partial charge on any atom is -0.459 e. The van der Waals surface area contributed by atoms with E-state index in [1.165, 1.54) is 15.6 Å². The maximum Gasteiger partial charge on any atom is 0.329 e. The number of carbonyl (C=O) groups excluding carboxylic acids is 4. The molecular weight excluding hydrogens is 759 g/mol. The summed E-state index contributed by atoms with van der Waals surface area (Å²) in [4.78, 5) is 58.0. The minimum absolute atomic E-state index is 0.0154. The van der Waals surface area contributed by atoms with Gasteiger partial charge < -0.3 is 40.0 Å². The van der Waals surface area contributed by atoms with E-state index in [1.807, 2.05) is 0 Å². The number of nitrogens with one attached hydrogen (secondary N) is 3. The highest BCUT2D eigenvalue weighted by Gasteiger charge is 2.19. The van der Waals surface area contributed by atoms with Crippen LogP contribution in [0, 0.1) is 0 Å². The summed E-state index contributed by atoms with van der Waals surface area (Å²) in [6, 6.07) is 9.75. The fourth-order valence-electron chi connectivity index (χ4n) is 4.89. The number of halogens is 2. The van der Waals surface area contributed by atoms with Gasteiger partial charge in [-0.25, -0.2) is 4.79 Å². The standard InChI is InChI=1S/C35H32Cl2N10O8/c1-35(2,3)55-30(49)15-47-13-22(11-41-47)20-5-7-24(37)26(9-20)43-32(51)28-17-53-34(45-28)39-18-54-29(48)14-46-12-21(10-40-46)19-4-6-23(36)25(8-19)42-31(50)27-16-52-33(38)44-27/h4-13,16-17H,14-15,18H2,1-3H3,(H2,38,44)(H,39,45)(H,42,50)(H,43,51). The first-order valence-electron chi connectivity index (χ1n) is 16.2. The number of nitrogens with zero attached hydrogens (tertiary/aromatic N) is 6. The van der Waals surface area contributed by atoms with Gasteiger partial charge in [-0.1, -0.05) is 35.3 Å². The number of aromatic nitrogens is 6. The lowest BCUT2D eigenvalue weighted by Crippen LogP contribution is -2.26. The van der Waals surface area contributed by atoms with Gasteiger partial charge in [0.05, 0.1) is 33.8 Å². The fourth-order valence-corrected chi connectivity index (χ4v) is 5.22. The lowest BCUT2D eigenvalue weighted by Gasteiger charge is -2.19. The first-order valence-corrected chi connectivity index (χ1v) is 17.0. The molecule has 0 spiro atoms. The second-order valence-electron chi connectivity index (χ2n) is 12.7. The highest BCUT2D eigenvalue weighted by Crippen LogP contribution is 2.31. The molecule has 4 aromatic heterocycles. The van der Waals surface area contributed by atoms with Crippen LogP contribution in [0.5, 0.6) is 0 Å². The smallest absolute Gasteiger partial charge is 0.329 e. The minimum atomic E-state index is -0.632. The Hall–Kier alpha value is -6.66. The molecule has 18 nitrogen and oxygen atoms in total. The van der Waals surface area contributed by atoms with Gasteiger partial charge in [-0.2, -0.15) is 20.2 Å². The van der Waals surface area contributed by atoms with E-state index >= 15 is 0 Å². The van der Waals surface area contributed by atoms with Gasteiger partial charge >= 0.3 is 11.9 Å². The third kappa shape index (κ3) is 10.1. The third-order valence-electron chi connectivity index (χ3n) is 7.31. The number of nitrogen functional groups attached to an aromatic ring is 1. The number of nitrogens with two attached hydrogens (primary N) is 1. The van der Waals surface area contributed by atoms with Crippen molar-refractivity contribution >= 4 is 70.4 Å². The molecule has 0 unspecified atom stereocenters. The van der Waals surface area contributed by atoms with Crippen molar-refractivity contribution in [3.8, 4) is 22.3 Å². The van der Waals surface area contributed by atoms with Crippen LogP contribution in [0.3, 0.4) is 0 Å². The zero-order chi connectivity index (χ0) is 39.3. The average Bonchev–Trinajstić information content (AvgIpc) is 3.95. The number of benzene rings is 2. The van der Waals surface area contributed by atoms with E-state index in [1.54, 1.807) is 75.8 Å². The number of amides is 2. The van der Waals surface area contributed by atoms with Crippen LogP contribution >= 0.6 is 23.2 Å². The van der Waals surface area contributed by atoms with Crippen molar-refractivity contribution < 1.29 is 37.5 Å². The Bertz CT molecular complexity index is 2380. The molecule has 0 saturated heterocycles. The molecule has 0 radical (unpaired) electrons. The number of anilines is 4. The molecule has 0 bridgehead atoms. The zero-order valence-electron chi connectivity index (χ0n) is 29.3. The first kappa shape index (κ1) is 38.1. The highest BCUT2D eigenvalue weighted by molar-refractivity contribution is 6.34. The van der Waals surface area contributed by atoms with Crippen molar-refractivity contribution in [2.45, 2.75) is 39.5 Å². The van der Waals surface area contributed by atoms with Crippen LogP contribution in [0.4, 0.5) is 23.4 Å². The van der Waals surface area contributed by atoms with Crippen molar-refractivity contribution in [2.75, 3.05) is 28.4 Å². The number of ether oxygens (including phenoxy) is 2. The normalized spacial score (nSPS) is 11.2. The monoisotopic (exact) mass is 790 g/mol. The molecule has 0 aliphatic rings. The van der Waals surface area contributed by atoms with Gasteiger partial charge in [-0.05, 0) is 56.2 Å². The lowest BCUT2D eigenvalue weighted by molar-refractivity contribution is -0.155. The van der Waals surface area contributed by atoms with Gasteiger partial charge in [-0.3, -0.25) is 23.7 Å². The van der Waals surface area contributed by atoms with Gasteiger partial charge in [0, 0.05) is 23.5 Å². The molecular formula is C35H32Cl2N10O8. The van der Waals surface area contributed by atoms with Gasteiger partial charge in [-0.15, -0.1) is 0 Å². The van der Waals surface area contributed by atoms with Crippen molar-refractivity contribution in [2.24, 2.45) is 0 Å². The Labute approximate surface area is 321 Å². The number of oxazole rings is 2. The number of esters is 2. The van der Waals surface area contributed by atoms with Crippen molar-refractivity contribution in [1.82, 2.24) is 29.5 Å². The number of rotatable bonds is 13. The molecule has 6 aromatic rings. The summed E-state index contributed by atoms with van der Waals surface area (Å²) in [5.74, 6) is -2.24. The first-order chi connectivity index (χ1) is 26.2. The Morgan fingerprint density at radius 1 is 0.764 bits per heavy atom. The molecule has 0 saturated carbocycles. The van der Waals surface area contributed by atoms with Crippen molar-refractivity contribution in [3.63, 3.8) is 0 Å². The SMILES string of the molecule is CC(C)(C)OC(=O)Cn1cc(-c2ccc(Cl)c(NC(=O)c3coc(NCOC(=O)Cn4cc(-c5ccc(Cl)c(NC(=O)c6coc(N)n6)c5)cn4)n3)c2)cn1. The summed E-state index contributed by atoms with van der Waals surface area (Å²) >= 11 is 12.6. The number of hydrogen-bond donors (Lipinski definition) is 4. The molecule has 6 rings (SSSR count). The summed E-state index contributed by atoms with van der Waals surface area (Å²) in [6.45, 7) is 4.74. The predicted molar refractivity (Wildman–Crippen MR) is 199 cm³/mol. The molecule has 0 fully saturated rings. The molecule has 0 atom stereocenters. The predicted octanol–water partition coefficient (Wildman–Crippen LogP) is 5.74. The molecule has 284 valence electrons. The summed E-state index contributed by atoms with van der Waals surface area (Å²) < 4.78 is 23.6. The molecule has 2 amide bonds. The van der Waals surface area contributed by atoms with E-state index in [9.17, 15) is 19.2 Å². The maximum absolute atomic E-state index is 13.0.